The standard InChI is InChI=1S/C47H61N7O8/c1-28-24-33(41(56)49-34-20-22-54(23-21-34)45(60)62-47(5,6)7)16-18-36(28)31-12-8-29(9-13-31)25-39(43(58)50-35-17-19-37-38(26-35)52-53-42(37)57)51-40(55)32-14-10-30(11-15-32)27-48-44(59)61-46(2,3)4/h8-9,12-13,16-19,24,26,30,32,34,39H,10-11,14-15,20-23,25,27H2,1-7H3,(H,48,59)(H,49,56)(H,50,58)(H,51,55)(H2,52,53,57)/t30-,32-,39-/m0/s1. The number of hydrogen-bond acceptors (Lipinski definition) is 8. The number of aromatic nitrogens is 2. The zero-order valence-corrected chi connectivity index (χ0v) is 36.9. The highest BCUT2D eigenvalue weighted by molar-refractivity contribution is 5.99. The van der Waals surface area contributed by atoms with Gasteiger partial charge in [0.15, 0.2) is 0 Å². The summed E-state index contributed by atoms with van der Waals surface area (Å²) >= 11 is 0. The van der Waals surface area contributed by atoms with Crippen LogP contribution in [0.15, 0.2) is 65.5 Å². The Morgan fingerprint density at radius 2 is 1.48 bits per heavy atom. The Hall–Kier alpha value is -6.12. The van der Waals surface area contributed by atoms with Gasteiger partial charge in [-0.05, 0) is 145 Å². The Bertz CT molecular complexity index is 2300. The molecule has 15 heteroatoms. The van der Waals surface area contributed by atoms with Crippen molar-refractivity contribution in [3.05, 3.63) is 87.7 Å². The number of piperidine rings is 1. The molecule has 0 radical (unpaired) electrons. The normalized spacial score (nSPS) is 17.8. The van der Waals surface area contributed by atoms with E-state index in [2.05, 4.69) is 31.5 Å². The molecule has 6 N–H and O–H groups in total. The van der Waals surface area contributed by atoms with Crippen molar-refractivity contribution in [1.82, 2.24) is 31.0 Å². The lowest BCUT2D eigenvalue weighted by Crippen LogP contribution is -2.48. The first-order chi connectivity index (χ1) is 29.3. The molecule has 1 saturated heterocycles. The van der Waals surface area contributed by atoms with Gasteiger partial charge in [-0.2, -0.15) is 0 Å². The zero-order valence-electron chi connectivity index (χ0n) is 36.9. The number of anilines is 1. The molecule has 6 rings (SSSR count). The molecule has 1 aromatic heterocycles. The van der Waals surface area contributed by atoms with Crippen molar-refractivity contribution in [3.8, 4) is 11.1 Å². The zero-order chi connectivity index (χ0) is 44.8. The van der Waals surface area contributed by atoms with Crippen molar-refractivity contribution >= 4 is 46.5 Å². The molecule has 4 aromatic rings. The molecule has 1 atom stereocenters. The van der Waals surface area contributed by atoms with E-state index in [0.717, 1.165) is 35.1 Å². The molecule has 2 fully saturated rings. The minimum absolute atomic E-state index is 0.0485. The number of H-pyrrole nitrogens is 2. The van der Waals surface area contributed by atoms with Crippen LogP contribution in [0.25, 0.3) is 22.0 Å². The Morgan fingerprint density at radius 3 is 2.13 bits per heavy atom. The fourth-order valence-electron chi connectivity index (χ4n) is 8.00. The number of carbonyl (C=O) groups is 5. The van der Waals surface area contributed by atoms with E-state index in [-0.39, 0.29) is 47.8 Å². The number of nitrogens with one attached hydrogen (secondary N) is 6. The maximum absolute atomic E-state index is 13.9. The van der Waals surface area contributed by atoms with Crippen LogP contribution in [0.3, 0.4) is 0 Å². The summed E-state index contributed by atoms with van der Waals surface area (Å²) < 4.78 is 10.9. The van der Waals surface area contributed by atoms with Gasteiger partial charge >= 0.3 is 12.2 Å². The van der Waals surface area contributed by atoms with Crippen molar-refractivity contribution in [1.29, 1.82) is 0 Å². The van der Waals surface area contributed by atoms with E-state index in [0.29, 0.717) is 67.5 Å². The molecule has 1 saturated carbocycles. The summed E-state index contributed by atoms with van der Waals surface area (Å²) in [7, 11) is 0. The van der Waals surface area contributed by atoms with Gasteiger partial charge < -0.3 is 35.6 Å². The fraction of sp³-hybridized carbons (Fsp3) is 0.489. The summed E-state index contributed by atoms with van der Waals surface area (Å²) in [6.45, 7) is 14.4. The minimum atomic E-state index is -0.898. The Balaban J connectivity index is 1.07. The third kappa shape index (κ3) is 12.5. The summed E-state index contributed by atoms with van der Waals surface area (Å²) in [6, 6.07) is 17.4. The van der Waals surface area contributed by atoms with Gasteiger partial charge in [0.2, 0.25) is 11.8 Å². The lowest BCUT2D eigenvalue weighted by Gasteiger charge is -2.33. The second kappa shape index (κ2) is 19.3. The molecule has 0 unspecified atom stereocenters. The molecule has 332 valence electrons. The molecule has 62 heavy (non-hydrogen) atoms. The van der Waals surface area contributed by atoms with Gasteiger partial charge in [-0.15, -0.1) is 0 Å². The third-order valence-electron chi connectivity index (χ3n) is 11.3. The molecule has 0 spiro atoms. The fourth-order valence-corrected chi connectivity index (χ4v) is 8.00. The van der Waals surface area contributed by atoms with Gasteiger partial charge in [-0.25, -0.2) is 9.59 Å². The predicted molar refractivity (Wildman–Crippen MR) is 238 cm³/mol. The van der Waals surface area contributed by atoms with Gasteiger partial charge in [0.05, 0.1) is 10.9 Å². The number of aromatic amines is 2. The number of ether oxygens (including phenoxy) is 2. The lowest BCUT2D eigenvalue weighted by molar-refractivity contribution is -0.130. The predicted octanol–water partition coefficient (Wildman–Crippen LogP) is 6.96. The quantitative estimate of drug-likeness (QED) is 0.0929. The maximum Gasteiger partial charge on any atom is 0.410 e. The largest absolute Gasteiger partial charge is 0.444 e. The van der Waals surface area contributed by atoms with Crippen LogP contribution in [0.2, 0.25) is 0 Å². The second-order valence-electron chi connectivity index (χ2n) is 18.6. The van der Waals surface area contributed by atoms with Crippen LogP contribution in [0, 0.1) is 18.8 Å². The van der Waals surface area contributed by atoms with E-state index in [1.54, 1.807) is 23.1 Å². The average Bonchev–Trinajstić information content (AvgIpc) is 3.58. The Kier molecular flexibility index (Phi) is 14.1. The number of fused-ring (bicyclic) bond motifs is 1. The Morgan fingerprint density at radius 1 is 0.806 bits per heavy atom. The third-order valence-corrected chi connectivity index (χ3v) is 11.3. The van der Waals surface area contributed by atoms with E-state index in [4.69, 9.17) is 9.47 Å². The van der Waals surface area contributed by atoms with E-state index in [9.17, 15) is 28.8 Å². The number of nitrogens with zero attached hydrogens (tertiary/aromatic N) is 1. The van der Waals surface area contributed by atoms with E-state index >= 15 is 0 Å². The summed E-state index contributed by atoms with van der Waals surface area (Å²) in [5.74, 6) is -0.818. The monoisotopic (exact) mass is 851 g/mol. The molecule has 15 nitrogen and oxygen atoms in total. The van der Waals surface area contributed by atoms with Gasteiger partial charge in [0, 0.05) is 49.3 Å². The van der Waals surface area contributed by atoms with E-state index in [1.165, 1.54) is 0 Å². The molecule has 2 aliphatic rings. The van der Waals surface area contributed by atoms with Crippen LogP contribution in [0.5, 0.6) is 0 Å². The van der Waals surface area contributed by atoms with Crippen LogP contribution in [0.4, 0.5) is 15.3 Å². The Labute approximate surface area is 362 Å². The molecule has 1 aliphatic heterocycles. The summed E-state index contributed by atoms with van der Waals surface area (Å²) in [5, 5.41) is 17.8. The first kappa shape index (κ1) is 45.4. The second-order valence-corrected chi connectivity index (χ2v) is 18.6. The first-order valence-electron chi connectivity index (χ1n) is 21.6. The van der Waals surface area contributed by atoms with Gasteiger partial charge in [0.25, 0.3) is 11.5 Å². The average molecular weight is 852 g/mol. The highest BCUT2D eigenvalue weighted by Crippen LogP contribution is 2.30. The SMILES string of the molecule is Cc1cc(C(=O)NC2CCN(C(=O)OC(C)(C)C)CC2)ccc1-c1ccc(C[C@H](NC(=O)[C@H]2CC[C@H](CNC(=O)OC(C)(C)C)CC2)C(=O)Nc2ccc3c(=O)[nH][nH]c3c2)cc1. The number of amides is 5. The molecular weight excluding hydrogens is 791 g/mol. The topological polar surface area (TPSA) is 204 Å². The number of benzene rings is 3. The van der Waals surface area contributed by atoms with Gasteiger partial charge in [0.1, 0.15) is 17.2 Å². The van der Waals surface area contributed by atoms with Crippen LogP contribution >= 0.6 is 0 Å². The van der Waals surface area contributed by atoms with Crippen molar-refractivity contribution < 1.29 is 33.4 Å². The van der Waals surface area contributed by atoms with Crippen molar-refractivity contribution in [2.45, 2.75) is 117 Å². The van der Waals surface area contributed by atoms with Crippen LogP contribution in [-0.2, 0) is 25.5 Å². The maximum atomic E-state index is 13.9. The molecule has 2 heterocycles. The summed E-state index contributed by atoms with van der Waals surface area (Å²) in [4.78, 5) is 79.3. The number of likely N-dealkylation sites (tertiary alicyclic amines) is 1. The number of alkyl carbamates (subject to hydrolysis) is 1. The lowest BCUT2D eigenvalue weighted by atomic mass is 9.81. The number of carbonyl (C=O) groups excluding carboxylic acids is 5. The number of hydrogen-bond donors (Lipinski definition) is 6. The molecule has 0 bridgehead atoms. The highest BCUT2D eigenvalue weighted by Gasteiger charge is 2.31. The van der Waals surface area contributed by atoms with Crippen molar-refractivity contribution in [3.63, 3.8) is 0 Å². The van der Waals surface area contributed by atoms with Crippen molar-refractivity contribution in [2.24, 2.45) is 11.8 Å². The van der Waals surface area contributed by atoms with Gasteiger partial charge in [-0.3, -0.25) is 29.4 Å². The summed E-state index contributed by atoms with van der Waals surface area (Å²) in [5.41, 5.74) is 3.81. The summed E-state index contributed by atoms with van der Waals surface area (Å²) in [6.07, 6.45) is 3.48. The number of aryl methyl sites for hydroxylation is 1. The van der Waals surface area contributed by atoms with Crippen LogP contribution in [-0.4, -0.2) is 87.9 Å². The molecule has 1 aliphatic carbocycles. The molecule has 5 amide bonds. The highest BCUT2D eigenvalue weighted by atomic mass is 16.6. The minimum Gasteiger partial charge on any atom is -0.444 e. The molecule has 3 aromatic carbocycles. The molecular formula is C47H61N7O8. The number of rotatable bonds is 11. The van der Waals surface area contributed by atoms with Crippen molar-refractivity contribution in [2.75, 3.05) is 25.0 Å². The first-order valence-corrected chi connectivity index (χ1v) is 21.6. The van der Waals surface area contributed by atoms with E-state index < -0.39 is 29.2 Å². The van der Waals surface area contributed by atoms with Crippen LogP contribution in [0.1, 0.15) is 102 Å². The smallest absolute Gasteiger partial charge is 0.410 e. The van der Waals surface area contributed by atoms with E-state index in [1.807, 2.05) is 90.9 Å². The van der Waals surface area contributed by atoms with Gasteiger partial charge in [-0.1, -0.05) is 30.3 Å². The van der Waals surface area contributed by atoms with Crippen LogP contribution < -0.4 is 26.8 Å².